The number of nitrogens with one attached hydrogen (secondary N) is 1. The van der Waals surface area contributed by atoms with Gasteiger partial charge in [-0.05, 0) is 26.0 Å². The summed E-state index contributed by atoms with van der Waals surface area (Å²) in [4.78, 5) is 16.2. The van der Waals surface area contributed by atoms with Crippen molar-refractivity contribution in [2.75, 3.05) is 5.32 Å². The molecule has 1 aromatic heterocycles. The Balaban J connectivity index is 2.19. The van der Waals surface area contributed by atoms with Gasteiger partial charge in [0, 0.05) is 5.38 Å². The first-order chi connectivity index (χ1) is 9.51. The van der Waals surface area contributed by atoms with Crippen LogP contribution in [-0.4, -0.2) is 26.9 Å². The number of nitrogens with zero attached hydrogens (tertiary/aromatic N) is 2. The summed E-state index contributed by atoms with van der Waals surface area (Å²) in [5, 5.41) is 26.0. The summed E-state index contributed by atoms with van der Waals surface area (Å²) >= 11 is 1.21. The van der Waals surface area contributed by atoms with E-state index in [-0.39, 0.29) is 11.3 Å². The number of phenols is 1. The molecule has 7 heteroatoms. The Morgan fingerprint density at radius 3 is 2.90 bits per heavy atom. The average molecular weight is 291 g/mol. The molecule has 0 radical (unpaired) electrons. The van der Waals surface area contributed by atoms with Gasteiger partial charge in [-0.2, -0.15) is 0 Å². The molecule has 1 aromatic carbocycles. The van der Waals surface area contributed by atoms with Crippen molar-refractivity contribution in [3.8, 4) is 5.75 Å². The summed E-state index contributed by atoms with van der Waals surface area (Å²) < 4.78 is 0. The van der Waals surface area contributed by atoms with Gasteiger partial charge in [0.2, 0.25) is 0 Å². The summed E-state index contributed by atoms with van der Waals surface area (Å²) in [6, 6.07) is 4.79. The van der Waals surface area contributed by atoms with Gasteiger partial charge in [0.1, 0.15) is 17.2 Å². The van der Waals surface area contributed by atoms with E-state index in [1.807, 2.05) is 6.92 Å². The molecular weight excluding hydrogens is 278 g/mol. The predicted octanol–water partition coefficient (Wildman–Crippen LogP) is 2.61. The van der Waals surface area contributed by atoms with E-state index in [4.69, 9.17) is 5.21 Å². The second-order valence-electron chi connectivity index (χ2n) is 4.20. The maximum absolute atomic E-state index is 12.1. The number of thiazole rings is 1. The second-order valence-corrected chi connectivity index (χ2v) is 5.06. The molecule has 0 bridgehead atoms. The summed E-state index contributed by atoms with van der Waals surface area (Å²) in [5.74, 6) is -0.524. The highest BCUT2D eigenvalue weighted by molar-refractivity contribution is 7.14. The molecule has 0 aliphatic rings. The van der Waals surface area contributed by atoms with Gasteiger partial charge in [0.05, 0.1) is 5.56 Å². The summed E-state index contributed by atoms with van der Waals surface area (Å²) in [6.45, 7) is 3.44. The van der Waals surface area contributed by atoms with Crippen LogP contribution in [0.15, 0.2) is 28.7 Å². The highest BCUT2D eigenvalue weighted by Crippen LogP contribution is 2.21. The van der Waals surface area contributed by atoms with Crippen LogP contribution in [0.5, 0.6) is 5.75 Å². The fourth-order valence-electron chi connectivity index (χ4n) is 1.54. The monoisotopic (exact) mass is 291 g/mol. The zero-order chi connectivity index (χ0) is 14.7. The van der Waals surface area contributed by atoms with Gasteiger partial charge in [-0.1, -0.05) is 16.8 Å². The third-order valence-corrected chi connectivity index (χ3v) is 3.40. The van der Waals surface area contributed by atoms with Crippen molar-refractivity contribution in [2.24, 2.45) is 5.16 Å². The van der Waals surface area contributed by atoms with Gasteiger partial charge >= 0.3 is 0 Å². The largest absolute Gasteiger partial charge is 0.507 e. The normalized spacial score (nSPS) is 11.4. The Morgan fingerprint density at radius 2 is 2.20 bits per heavy atom. The minimum atomic E-state index is -0.439. The lowest BCUT2D eigenvalue weighted by Gasteiger charge is -2.05. The van der Waals surface area contributed by atoms with Crippen molar-refractivity contribution in [3.63, 3.8) is 0 Å². The van der Waals surface area contributed by atoms with Crippen LogP contribution in [0, 0.1) is 6.92 Å². The maximum Gasteiger partial charge on any atom is 0.261 e. The van der Waals surface area contributed by atoms with Crippen molar-refractivity contribution in [1.29, 1.82) is 0 Å². The van der Waals surface area contributed by atoms with Gasteiger partial charge < -0.3 is 10.3 Å². The number of anilines is 1. The average Bonchev–Trinajstić information content (AvgIpc) is 2.89. The molecule has 0 atom stereocenters. The summed E-state index contributed by atoms with van der Waals surface area (Å²) in [5.41, 5.74) is 1.91. The highest BCUT2D eigenvalue weighted by Gasteiger charge is 2.14. The minimum absolute atomic E-state index is 0.0852. The molecule has 0 unspecified atom stereocenters. The van der Waals surface area contributed by atoms with E-state index >= 15 is 0 Å². The van der Waals surface area contributed by atoms with Gasteiger partial charge in [0.25, 0.3) is 5.91 Å². The van der Waals surface area contributed by atoms with Crippen LogP contribution in [0.2, 0.25) is 0 Å². The molecule has 20 heavy (non-hydrogen) atoms. The topological polar surface area (TPSA) is 94.8 Å². The Bertz CT molecular complexity index is 679. The first kappa shape index (κ1) is 14.0. The van der Waals surface area contributed by atoms with E-state index in [0.29, 0.717) is 16.5 Å². The van der Waals surface area contributed by atoms with Crippen LogP contribution in [0.1, 0.15) is 28.5 Å². The van der Waals surface area contributed by atoms with Crippen LogP contribution >= 0.6 is 11.3 Å². The van der Waals surface area contributed by atoms with Crippen LogP contribution in [0.4, 0.5) is 5.13 Å². The molecule has 0 spiro atoms. The number of rotatable bonds is 3. The third kappa shape index (κ3) is 2.94. The number of benzene rings is 1. The molecule has 3 N–H and O–H groups in total. The van der Waals surface area contributed by atoms with Crippen LogP contribution in [0.25, 0.3) is 0 Å². The van der Waals surface area contributed by atoms with E-state index in [2.05, 4.69) is 15.5 Å². The quantitative estimate of drug-likeness (QED) is 0.460. The molecule has 0 aliphatic heterocycles. The standard InChI is InChI=1S/C13H13N3O3S/c1-7-3-4-11(17)9(5-7)12(18)15-13-14-10(6-20-13)8(2)16-19/h3-6,17,19H,1-2H3,(H,14,15,18). The number of aromatic hydroxyl groups is 1. The number of aromatic nitrogens is 1. The molecule has 0 fully saturated rings. The number of carbonyl (C=O) groups excluding carboxylic acids is 1. The summed E-state index contributed by atoms with van der Waals surface area (Å²) in [6.07, 6.45) is 0. The molecular formula is C13H13N3O3S. The molecule has 0 saturated carbocycles. The Morgan fingerprint density at radius 1 is 1.45 bits per heavy atom. The molecule has 104 valence electrons. The minimum Gasteiger partial charge on any atom is -0.507 e. The van der Waals surface area contributed by atoms with Crippen molar-refractivity contribution in [3.05, 3.63) is 40.4 Å². The molecule has 0 saturated heterocycles. The fraction of sp³-hybridized carbons (Fsp3) is 0.154. The molecule has 6 nitrogen and oxygen atoms in total. The lowest BCUT2D eigenvalue weighted by molar-refractivity contribution is 0.102. The first-order valence-corrected chi connectivity index (χ1v) is 6.64. The number of amides is 1. The van der Waals surface area contributed by atoms with Crippen LogP contribution < -0.4 is 5.32 Å². The molecule has 0 aliphatic carbocycles. The van der Waals surface area contributed by atoms with E-state index < -0.39 is 5.91 Å². The van der Waals surface area contributed by atoms with Crippen molar-refractivity contribution < 1.29 is 15.1 Å². The van der Waals surface area contributed by atoms with Crippen LogP contribution in [-0.2, 0) is 0 Å². The van der Waals surface area contributed by atoms with E-state index in [9.17, 15) is 9.90 Å². The number of phenolic OH excluding ortho intramolecular Hbond substituents is 1. The number of aryl methyl sites for hydroxylation is 1. The smallest absolute Gasteiger partial charge is 0.261 e. The van der Waals surface area contributed by atoms with Crippen molar-refractivity contribution >= 4 is 28.1 Å². The zero-order valence-electron chi connectivity index (χ0n) is 10.9. The number of hydrogen-bond acceptors (Lipinski definition) is 6. The SMILES string of the molecule is CC(=NO)c1csc(NC(=O)c2cc(C)ccc2O)n1. The first-order valence-electron chi connectivity index (χ1n) is 5.77. The highest BCUT2D eigenvalue weighted by atomic mass is 32.1. The predicted molar refractivity (Wildman–Crippen MR) is 76.9 cm³/mol. The second kappa shape index (κ2) is 5.70. The number of carbonyl (C=O) groups is 1. The Hall–Kier alpha value is -2.41. The molecule has 1 heterocycles. The number of hydrogen-bond donors (Lipinski definition) is 3. The van der Waals surface area contributed by atoms with Gasteiger partial charge in [0.15, 0.2) is 5.13 Å². The van der Waals surface area contributed by atoms with E-state index in [1.165, 1.54) is 17.4 Å². The summed E-state index contributed by atoms with van der Waals surface area (Å²) in [7, 11) is 0. The van der Waals surface area contributed by atoms with Gasteiger partial charge in [-0.15, -0.1) is 11.3 Å². The van der Waals surface area contributed by atoms with Crippen molar-refractivity contribution in [2.45, 2.75) is 13.8 Å². The van der Waals surface area contributed by atoms with Crippen LogP contribution in [0.3, 0.4) is 0 Å². The maximum atomic E-state index is 12.1. The molecule has 2 rings (SSSR count). The molecule has 1 amide bonds. The van der Waals surface area contributed by atoms with E-state index in [0.717, 1.165) is 5.56 Å². The lowest BCUT2D eigenvalue weighted by atomic mass is 10.1. The van der Waals surface area contributed by atoms with E-state index in [1.54, 1.807) is 24.4 Å². The van der Waals surface area contributed by atoms with Gasteiger partial charge in [-0.3, -0.25) is 10.1 Å². The molecule has 2 aromatic rings. The number of oxime groups is 1. The Kier molecular flexibility index (Phi) is 3.99. The Labute approximate surface area is 119 Å². The third-order valence-electron chi connectivity index (χ3n) is 2.64. The fourth-order valence-corrected chi connectivity index (χ4v) is 2.29. The van der Waals surface area contributed by atoms with Crippen molar-refractivity contribution in [1.82, 2.24) is 4.98 Å². The lowest BCUT2D eigenvalue weighted by Crippen LogP contribution is -2.12. The van der Waals surface area contributed by atoms with Gasteiger partial charge in [-0.25, -0.2) is 4.98 Å². The zero-order valence-corrected chi connectivity index (χ0v) is 11.7.